The number of thiophene rings is 1. The molecule has 0 spiro atoms. The number of nitrogens with one attached hydrogen (secondary N) is 1. The molecule has 3 rings (SSSR count). The minimum absolute atomic E-state index is 0. The van der Waals surface area contributed by atoms with E-state index >= 15 is 0 Å². The van der Waals surface area contributed by atoms with Crippen molar-refractivity contribution < 1.29 is 0 Å². The van der Waals surface area contributed by atoms with E-state index in [0.717, 1.165) is 19.0 Å². The van der Waals surface area contributed by atoms with E-state index in [1.165, 1.54) is 63.8 Å². The fraction of sp³-hybridized carbons (Fsp3) is 0.750. The van der Waals surface area contributed by atoms with Crippen molar-refractivity contribution in [2.75, 3.05) is 53.9 Å². The Labute approximate surface area is 186 Å². The second-order valence-electron chi connectivity index (χ2n) is 7.96. The zero-order chi connectivity index (χ0) is 18.4. The minimum atomic E-state index is 0. The van der Waals surface area contributed by atoms with Crippen LogP contribution in [-0.2, 0) is 6.54 Å². The van der Waals surface area contributed by atoms with Crippen LogP contribution in [0.25, 0.3) is 0 Å². The van der Waals surface area contributed by atoms with Gasteiger partial charge in [-0.05, 0) is 81.3 Å². The maximum atomic E-state index is 4.55. The van der Waals surface area contributed by atoms with Crippen LogP contribution in [0.3, 0.4) is 0 Å². The third kappa shape index (κ3) is 6.05. The number of hydrogen-bond acceptors (Lipinski definition) is 4. The number of hydrogen-bond donors (Lipinski definition) is 1. The van der Waals surface area contributed by atoms with Crippen LogP contribution in [0.15, 0.2) is 21.8 Å². The molecule has 2 aliphatic rings. The highest BCUT2D eigenvalue weighted by atomic mass is 127. The largest absolute Gasteiger partial charge is 0.354 e. The second kappa shape index (κ2) is 11.0. The number of nitrogens with zero attached hydrogens (tertiary/aromatic N) is 4. The zero-order valence-corrected chi connectivity index (χ0v) is 20.3. The summed E-state index contributed by atoms with van der Waals surface area (Å²) in [6.45, 7) is 6.82. The van der Waals surface area contributed by atoms with E-state index < -0.39 is 0 Å². The molecule has 1 aromatic rings. The molecule has 1 aromatic heterocycles. The zero-order valence-electron chi connectivity index (χ0n) is 17.1. The first-order valence-electron chi connectivity index (χ1n) is 9.99. The average molecular weight is 506 g/mol. The van der Waals surface area contributed by atoms with Crippen LogP contribution in [-0.4, -0.2) is 80.1 Å². The van der Waals surface area contributed by atoms with E-state index in [0.29, 0.717) is 0 Å². The van der Waals surface area contributed by atoms with Gasteiger partial charge in [-0.1, -0.05) is 6.42 Å². The van der Waals surface area contributed by atoms with Crippen LogP contribution in [0.4, 0.5) is 0 Å². The Morgan fingerprint density at radius 1 is 1.22 bits per heavy atom. The van der Waals surface area contributed by atoms with Gasteiger partial charge in [0.1, 0.15) is 0 Å². The lowest BCUT2D eigenvalue weighted by molar-refractivity contribution is 0.0170. The smallest absolute Gasteiger partial charge is 0.193 e. The van der Waals surface area contributed by atoms with Crippen molar-refractivity contribution in [2.24, 2.45) is 4.99 Å². The molecule has 27 heavy (non-hydrogen) atoms. The van der Waals surface area contributed by atoms with Crippen LogP contribution in [0.1, 0.15) is 37.7 Å². The van der Waals surface area contributed by atoms with Gasteiger partial charge in [-0.2, -0.15) is 11.3 Å². The van der Waals surface area contributed by atoms with E-state index in [9.17, 15) is 0 Å². The van der Waals surface area contributed by atoms with Crippen LogP contribution in [0.2, 0.25) is 0 Å². The molecule has 7 heteroatoms. The third-order valence-corrected chi connectivity index (χ3v) is 6.83. The summed E-state index contributed by atoms with van der Waals surface area (Å²) in [5.41, 5.74) is 1.64. The van der Waals surface area contributed by atoms with Gasteiger partial charge in [-0.3, -0.25) is 9.89 Å². The molecule has 2 fully saturated rings. The highest BCUT2D eigenvalue weighted by molar-refractivity contribution is 14.0. The highest BCUT2D eigenvalue weighted by Gasteiger charge is 2.39. The van der Waals surface area contributed by atoms with Crippen molar-refractivity contribution in [3.05, 3.63) is 22.4 Å². The van der Waals surface area contributed by atoms with E-state index in [4.69, 9.17) is 0 Å². The third-order valence-electron chi connectivity index (χ3n) is 6.09. The van der Waals surface area contributed by atoms with Crippen LogP contribution >= 0.6 is 35.3 Å². The molecule has 0 amide bonds. The predicted octanol–water partition coefficient (Wildman–Crippen LogP) is 3.32. The molecule has 1 N–H and O–H groups in total. The summed E-state index contributed by atoms with van der Waals surface area (Å²) in [5, 5.41) is 8.08. The van der Waals surface area contributed by atoms with Crippen LogP contribution < -0.4 is 5.32 Å². The monoisotopic (exact) mass is 505 g/mol. The summed E-state index contributed by atoms with van der Waals surface area (Å²) < 4.78 is 0. The Morgan fingerprint density at radius 2 is 1.93 bits per heavy atom. The summed E-state index contributed by atoms with van der Waals surface area (Å²) in [5.74, 6) is 1.01. The molecule has 0 aliphatic carbocycles. The Kier molecular flexibility index (Phi) is 9.31. The Balaban J connectivity index is 0.00000261. The highest BCUT2D eigenvalue weighted by Crippen LogP contribution is 2.31. The lowest BCUT2D eigenvalue weighted by atomic mass is 9.84. The van der Waals surface area contributed by atoms with Gasteiger partial charge in [0.25, 0.3) is 0 Å². The van der Waals surface area contributed by atoms with Crippen molar-refractivity contribution in [2.45, 2.75) is 44.2 Å². The van der Waals surface area contributed by atoms with Crippen molar-refractivity contribution in [1.82, 2.24) is 20.0 Å². The molecule has 2 aliphatic heterocycles. The summed E-state index contributed by atoms with van der Waals surface area (Å²) >= 11 is 1.76. The number of halogens is 1. The van der Waals surface area contributed by atoms with Gasteiger partial charge in [0.15, 0.2) is 5.96 Å². The fourth-order valence-corrected chi connectivity index (χ4v) is 5.03. The summed E-state index contributed by atoms with van der Waals surface area (Å²) in [6, 6.07) is 2.20. The van der Waals surface area contributed by atoms with Gasteiger partial charge in [0, 0.05) is 32.7 Å². The second-order valence-corrected chi connectivity index (χ2v) is 8.74. The number of piperidine rings is 2. The maximum absolute atomic E-state index is 4.55. The molecule has 0 unspecified atom stereocenters. The molecule has 0 radical (unpaired) electrons. The quantitative estimate of drug-likeness (QED) is 0.378. The van der Waals surface area contributed by atoms with E-state index in [1.54, 1.807) is 11.3 Å². The lowest BCUT2D eigenvalue weighted by Crippen LogP contribution is -2.62. The summed E-state index contributed by atoms with van der Waals surface area (Å²) in [4.78, 5) is 12.0. The molecule has 0 atom stereocenters. The first kappa shape index (κ1) is 22.9. The molecule has 154 valence electrons. The van der Waals surface area contributed by atoms with Gasteiger partial charge >= 0.3 is 0 Å². The van der Waals surface area contributed by atoms with E-state index in [1.807, 2.05) is 7.05 Å². The van der Waals surface area contributed by atoms with Crippen molar-refractivity contribution in [1.29, 1.82) is 0 Å². The molecule has 0 aromatic carbocycles. The first-order chi connectivity index (χ1) is 12.6. The predicted molar refractivity (Wildman–Crippen MR) is 127 cm³/mol. The Bertz CT molecular complexity index is 563. The normalized spacial score (nSPS) is 21.5. The molecular formula is C20H36IN5S. The van der Waals surface area contributed by atoms with Gasteiger partial charge in [-0.25, -0.2) is 0 Å². The van der Waals surface area contributed by atoms with Crippen molar-refractivity contribution >= 4 is 41.3 Å². The Morgan fingerprint density at radius 3 is 2.52 bits per heavy atom. The average Bonchev–Trinajstić information content (AvgIpc) is 3.18. The molecule has 2 saturated heterocycles. The number of guanidine groups is 1. The molecular weight excluding hydrogens is 469 g/mol. The lowest BCUT2D eigenvalue weighted by Gasteiger charge is -2.50. The van der Waals surface area contributed by atoms with E-state index in [-0.39, 0.29) is 29.5 Å². The summed E-state index contributed by atoms with van der Waals surface area (Å²) in [7, 11) is 6.28. The topological polar surface area (TPSA) is 34.1 Å². The van der Waals surface area contributed by atoms with Gasteiger partial charge in [0.05, 0.1) is 0 Å². The molecule has 3 heterocycles. The molecule has 0 bridgehead atoms. The van der Waals surface area contributed by atoms with Crippen molar-refractivity contribution in [3.63, 3.8) is 0 Å². The van der Waals surface area contributed by atoms with Crippen LogP contribution in [0.5, 0.6) is 0 Å². The molecule has 0 saturated carbocycles. The minimum Gasteiger partial charge on any atom is -0.354 e. The number of rotatable bonds is 5. The van der Waals surface area contributed by atoms with Gasteiger partial charge < -0.3 is 15.1 Å². The first-order valence-corrected chi connectivity index (χ1v) is 10.9. The Hall–Kier alpha value is -0.380. The standard InChI is InChI=1S/C20H35N5S.HI/c1-21-19(24(3)15-18-7-14-26-16-18)22-17-20(8-12-23(2)13-9-20)25-10-5-4-6-11-25;/h7,14,16H,4-6,8-13,15,17H2,1-3H3,(H,21,22);1H. The number of likely N-dealkylation sites (tertiary alicyclic amines) is 2. The van der Waals surface area contributed by atoms with Crippen molar-refractivity contribution in [3.8, 4) is 0 Å². The van der Waals surface area contributed by atoms with Gasteiger partial charge in [0.2, 0.25) is 0 Å². The maximum Gasteiger partial charge on any atom is 0.193 e. The van der Waals surface area contributed by atoms with Crippen LogP contribution in [0, 0.1) is 0 Å². The number of aliphatic imine (C=N–C) groups is 1. The van der Waals surface area contributed by atoms with E-state index in [2.05, 4.69) is 55.9 Å². The van der Waals surface area contributed by atoms with Gasteiger partial charge in [-0.15, -0.1) is 24.0 Å². The summed E-state index contributed by atoms with van der Waals surface area (Å²) in [6.07, 6.45) is 6.60. The molecule has 5 nitrogen and oxygen atoms in total. The fourth-order valence-electron chi connectivity index (χ4n) is 4.37. The SMILES string of the molecule is CN=C(NCC1(N2CCCCC2)CCN(C)CC1)N(C)Cc1ccsc1.I.